The molecule has 0 heterocycles. The highest BCUT2D eigenvalue weighted by Crippen LogP contribution is 2.23. The first-order valence-electron chi connectivity index (χ1n) is 7.00. The van der Waals surface area contributed by atoms with E-state index in [1.807, 2.05) is 13.0 Å². The number of para-hydroxylation sites is 2. The molecular weight excluding hydrogens is 318 g/mol. The van der Waals surface area contributed by atoms with E-state index >= 15 is 0 Å². The van der Waals surface area contributed by atoms with Gasteiger partial charge in [0.1, 0.15) is 5.69 Å². The Morgan fingerprint density at radius 2 is 1.96 bits per heavy atom. The van der Waals surface area contributed by atoms with E-state index in [1.165, 1.54) is 6.07 Å². The number of hydrogen-bond acceptors (Lipinski definition) is 4. The van der Waals surface area contributed by atoms with Crippen molar-refractivity contribution in [2.24, 2.45) is 0 Å². The van der Waals surface area contributed by atoms with Gasteiger partial charge in [-0.2, -0.15) is 0 Å². The highest BCUT2D eigenvalue weighted by Gasteiger charge is 2.12. The lowest BCUT2D eigenvalue weighted by Crippen LogP contribution is -2.17. The third-order valence-corrected chi connectivity index (χ3v) is 3.48. The number of amides is 1. The average molecular weight is 334 g/mol. The van der Waals surface area contributed by atoms with Crippen LogP contribution < -0.4 is 10.6 Å². The lowest BCUT2D eigenvalue weighted by Gasteiger charge is -2.10. The number of nitro benzene ring substituents is 1. The zero-order valence-electron chi connectivity index (χ0n) is 12.5. The Bertz CT molecular complexity index is 734. The van der Waals surface area contributed by atoms with Gasteiger partial charge < -0.3 is 10.6 Å². The molecule has 0 radical (unpaired) electrons. The van der Waals surface area contributed by atoms with Crippen LogP contribution in [0.1, 0.15) is 12.0 Å². The highest BCUT2D eigenvalue weighted by atomic mass is 35.5. The number of benzene rings is 2. The van der Waals surface area contributed by atoms with Crippen LogP contribution in [0.25, 0.3) is 0 Å². The van der Waals surface area contributed by atoms with Crippen molar-refractivity contribution in [3.63, 3.8) is 0 Å². The quantitative estimate of drug-likeness (QED) is 0.618. The van der Waals surface area contributed by atoms with Crippen LogP contribution in [0.4, 0.5) is 17.1 Å². The second-order valence-corrected chi connectivity index (χ2v) is 5.39. The number of nitro groups is 1. The molecule has 0 spiro atoms. The summed E-state index contributed by atoms with van der Waals surface area (Å²) in [7, 11) is 0. The summed E-state index contributed by atoms with van der Waals surface area (Å²) in [5, 5.41) is 17.1. The number of carbonyl (C=O) groups excluding carboxylic acids is 1. The Labute approximate surface area is 138 Å². The number of nitrogens with zero attached hydrogens (tertiary/aromatic N) is 1. The van der Waals surface area contributed by atoms with E-state index in [1.54, 1.807) is 30.3 Å². The summed E-state index contributed by atoms with van der Waals surface area (Å²) in [5.41, 5.74) is 1.95. The van der Waals surface area contributed by atoms with E-state index in [0.29, 0.717) is 16.4 Å². The summed E-state index contributed by atoms with van der Waals surface area (Å²) >= 11 is 5.90. The van der Waals surface area contributed by atoms with Gasteiger partial charge in [-0.1, -0.05) is 29.8 Å². The molecule has 120 valence electrons. The van der Waals surface area contributed by atoms with Crippen molar-refractivity contribution in [3.8, 4) is 0 Å². The lowest BCUT2D eigenvalue weighted by molar-refractivity contribution is -0.384. The summed E-state index contributed by atoms with van der Waals surface area (Å²) in [6, 6.07) is 11.6. The van der Waals surface area contributed by atoms with Crippen LogP contribution in [0.2, 0.25) is 5.02 Å². The Morgan fingerprint density at radius 3 is 2.70 bits per heavy atom. The van der Waals surface area contributed by atoms with Crippen LogP contribution >= 0.6 is 11.6 Å². The molecule has 0 aromatic heterocycles. The molecule has 0 aliphatic heterocycles. The van der Waals surface area contributed by atoms with E-state index in [4.69, 9.17) is 11.6 Å². The fourth-order valence-electron chi connectivity index (χ4n) is 2.03. The zero-order chi connectivity index (χ0) is 16.8. The Kier molecular flexibility index (Phi) is 5.54. The van der Waals surface area contributed by atoms with Crippen molar-refractivity contribution >= 4 is 34.6 Å². The molecule has 1 amide bonds. The Morgan fingerprint density at radius 1 is 1.22 bits per heavy atom. The standard InChI is InChI=1S/C16H16ClN3O3/c1-11-6-7-12(17)10-14(11)19-16(21)8-9-18-13-4-2-3-5-15(13)20(22)23/h2-7,10,18H,8-9H2,1H3,(H,19,21). The third-order valence-electron chi connectivity index (χ3n) is 3.24. The number of rotatable bonds is 6. The number of nitrogens with one attached hydrogen (secondary N) is 2. The van der Waals surface area contributed by atoms with Gasteiger partial charge in [-0.15, -0.1) is 0 Å². The second-order valence-electron chi connectivity index (χ2n) is 4.96. The van der Waals surface area contributed by atoms with Crippen molar-refractivity contribution in [1.29, 1.82) is 0 Å². The van der Waals surface area contributed by atoms with Crippen molar-refractivity contribution in [3.05, 3.63) is 63.2 Å². The number of halogens is 1. The van der Waals surface area contributed by atoms with Crippen molar-refractivity contribution in [1.82, 2.24) is 0 Å². The van der Waals surface area contributed by atoms with Gasteiger partial charge in [-0.3, -0.25) is 14.9 Å². The number of anilines is 2. The molecule has 2 aromatic carbocycles. The molecule has 2 rings (SSSR count). The maximum atomic E-state index is 12.0. The van der Waals surface area contributed by atoms with Crippen LogP contribution in [-0.4, -0.2) is 17.4 Å². The second kappa shape index (κ2) is 7.60. The van der Waals surface area contributed by atoms with Crippen molar-refractivity contribution < 1.29 is 9.72 Å². The van der Waals surface area contributed by atoms with Crippen molar-refractivity contribution in [2.45, 2.75) is 13.3 Å². The molecule has 2 N–H and O–H groups in total. The molecule has 0 unspecified atom stereocenters. The van der Waals surface area contributed by atoms with E-state index in [9.17, 15) is 14.9 Å². The average Bonchev–Trinajstić information content (AvgIpc) is 2.51. The first kappa shape index (κ1) is 16.8. The van der Waals surface area contributed by atoms with Crippen LogP contribution in [0.15, 0.2) is 42.5 Å². The van der Waals surface area contributed by atoms with Crippen LogP contribution in [0.3, 0.4) is 0 Å². The van der Waals surface area contributed by atoms with Gasteiger partial charge in [0.05, 0.1) is 4.92 Å². The molecule has 2 aromatic rings. The Balaban J connectivity index is 1.90. The number of aryl methyl sites for hydroxylation is 1. The number of carbonyl (C=O) groups is 1. The van der Waals surface area contributed by atoms with E-state index < -0.39 is 4.92 Å². The summed E-state index contributed by atoms with van der Waals surface area (Å²) < 4.78 is 0. The maximum Gasteiger partial charge on any atom is 0.292 e. The third kappa shape index (κ3) is 4.69. The fraction of sp³-hybridized carbons (Fsp3) is 0.188. The summed E-state index contributed by atoms with van der Waals surface area (Å²) in [6.07, 6.45) is 0.179. The first-order valence-corrected chi connectivity index (χ1v) is 7.38. The molecule has 0 saturated carbocycles. The maximum absolute atomic E-state index is 12.0. The van der Waals surface area contributed by atoms with Gasteiger partial charge in [0.15, 0.2) is 0 Å². The van der Waals surface area contributed by atoms with E-state index in [0.717, 1.165) is 5.56 Å². The van der Waals surface area contributed by atoms with Crippen LogP contribution in [0, 0.1) is 17.0 Å². The topological polar surface area (TPSA) is 84.3 Å². The highest BCUT2D eigenvalue weighted by molar-refractivity contribution is 6.31. The SMILES string of the molecule is Cc1ccc(Cl)cc1NC(=O)CCNc1ccccc1[N+](=O)[O-]. The molecule has 7 heteroatoms. The van der Waals surface area contributed by atoms with E-state index in [-0.39, 0.29) is 24.6 Å². The van der Waals surface area contributed by atoms with Gasteiger partial charge >= 0.3 is 0 Å². The Hall–Kier alpha value is -2.60. The molecule has 0 atom stereocenters. The molecule has 23 heavy (non-hydrogen) atoms. The summed E-state index contributed by atoms with van der Waals surface area (Å²) in [5.74, 6) is -0.193. The predicted octanol–water partition coefficient (Wildman–Crippen LogP) is 4.00. The molecule has 0 saturated heterocycles. The zero-order valence-corrected chi connectivity index (χ0v) is 13.3. The summed E-state index contributed by atoms with van der Waals surface area (Å²) in [6.45, 7) is 2.16. The minimum atomic E-state index is -0.461. The molecule has 0 bridgehead atoms. The smallest absolute Gasteiger partial charge is 0.292 e. The lowest BCUT2D eigenvalue weighted by atomic mass is 10.2. The molecule has 6 nitrogen and oxygen atoms in total. The van der Waals surface area contributed by atoms with Gasteiger partial charge in [0, 0.05) is 29.7 Å². The monoisotopic (exact) mass is 333 g/mol. The molecular formula is C16H16ClN3O3. The molecule has 0 aliphatic carbocycles. The summed E-state index contributed by atoms with van der Waals surface area (Å²) in [4.78, 5) is 22.4. The fourth-order valence-corrected chi connectivity index (χ4v) is 2.21. The number of hydrogen-bond donors (Lipinski definition) is 2. The van der Waals surface area contributed by atoms with E-state index in [2.05, 4.69) is 10.6 Å². The van der Waals surface area contributed by atoms with Gasteiger partial charge in [0.25, 0.3) is 5.69 Å². The van der Waals surface area contributed by atoms with Crippen LogP contribution in [-0.2, 0) is 4.79 Å². The van der Waals surface area contributed by atoms with Crippen molar-refractivity contribution in [2.75, 3.05) is 17.2 Å². The van der Waals surface area contributed by atoms with Gasteiger partial charge in [-0.05, 0) is 30.7 Å². The normalized spacial score (nSPS) is 10.2. The molecule has 0 aliphatic rings. The predicted molar refractivity (Wildman–Crippen MR) is 91.0 cm³/mol. The largest absolute Gasteiger partial charge is 0.379 e. The first-order chi connectivity index (χ1) is 11.0. The molecule has 0 fully saturated rings. The minimum absolute atomic E-state index is 0.0152. The van der Waals surface area contributed by atoms with Crippen LogP contribution in [0.5, 0.6) is 0 Å². The van der Waals surface area contributed by atoms with Gasteiger partial charge in [-0.25, -0.2) is 0 Å². The van der Waals surface area contributed by atoms with Gasteiger partial charge in [0.2, 0.25) is 5.91 Å². The minimum Gasteiger partial charge on any atom is -0.379 e.